The van der Waals surface area contributed by atoms with Gasteiger partial charge in [0.15, 0.2) is 11.5 Å². The average Bonchev–Trinajstić information content (AvgIpc) is 0.813. The number of aliphatic hydroxyl groups is 10. The van der Waals surface area contributed by atoms with E-state index in [0.717, 1.165) is 0 Å². The van der Waals surface area contributed by atoms with Crippen molar-refractivity contribution in [3.8, 4) is 17.2 Å². The lowest BCUT2D eigenvalue weighted by Crippen LogP contribution is -2.61. The van der Waals surface area contributed by atoms with Crippen LogP contribution < -0.4 is 57.2 Å². The summed E-state index contributed by atoms with van der Waals surface area (Å²) in [6.07, 6.45) is -8.17. The van der Waals surface area contributed by atoms with Gasteiger partial charge in [-0.2, -0.15) is 0 Å². The number of alkyl halides is 1. The van der Waals surface area contributed by atoms with Crippen LogP contribution in [0.4, 0.5) is 0 Å². The molecular weight excluding hydrogens is 1260 g/mol. The highest BCUT2D eigenvalue weighted by atomic mass is 35.5. The average molecular weight is 1330 g/mol. The van der Waals surface area contributed by atoms with Gasteiger partial charge in [-0.05, 0) is 102 Å². The van der Waals surface area contributed by atoms with E-state index in [-0.39, 0.29) is 106 Å². The molecular formula is C60H74Cl2N8O20S. The molecule has 2 fully saturated rings. The quantitative estimate of drug-likeness (QED) is 0.0768. The molecule has 28 nitrogen and oxygen atoms in total. The lowest BCUT2D eigenvalue weighted by Gasteiger charge is -2.40. The molecule has 4 aliphatic carbocycles. The minimum Gasteiger partial charge on any atom is -0.512 e. The number of halogens is 2. The molecule has 6 amide bonds. The first-order chi connectivity index (χ1) is 43.2. The van der Waals surface area contributed by atoms with Crippen LogP contribution in [0.15, 0.2) is 104 Å². The molecule has 6 unspecified atom stereocenters. The van der Waals surface area contributed by atoms with Gasteiger partial charge in [0.05, 0.1) is 60.6 Å². The number of hydrogen-bond donors (Lipinski definition) is 18. The van der Waals surface area contributed by atoms with Gasteiger partial charge in [-0.1, -0.05) is 55.9 Å². The number of rotatable bonds is 12. The number of nitrogens with one attached hydrogen (secondary N) is 7. The highest BCUT2D eigenvalue weighted by Crippen LogP contribution is 2.47. The van der Waals surface area contributed by atoms with E-state index < -0.39 is 187 Å². The van der Waals surface area contributed by atoms with Crippen molar-refractivity contribution >= 4 is 75.9 Å². The lowest BCUT2D eigenvalue weighted by molar-refractivity contribution is -0.277. The van der Waals surface area contributed by atoms with Crippen LogP contribution in [-0.2, 0) is 33.5 Å². The smallest absolute Gasteiger partial charge is 0.247 e. The predicted molar refractivity (Wildman–Crippen MR) is 326 cm³/mol. The van der Waals surface area contributed by atoms with Crippen molar-refractivity contribution in [2.45, 2.75) is 155 Å². The second-order valence-corrected chi connectivity index (χ2v) is 25.1. The molecule has 19 N–H and O–H groups in total. The number of ether oxygens (including phenoxy) is 4. The van der Waals surface area contributed by atoms with Crippen LogP contribution in [0.1, 0.15) is 70.4 Å². The number of hydrogen-bond acceptors (Lipinski definition) is 22. The minimum atomic E-state index is -2.06. The summed E-state index contributed by atoms with van der Waals surface area (Å²) in [4.78, 5) is 86.9. The van der Waals surface area contributed by atoms with E-state index in [1.807, 2.05) is 13.8 Å². The first-order valence-corrected chi connectivity index (χ1v) is 30.7. The second kappa shape index (κ2) is 29.0. The van der Waals surface area contributed by atoms with Crippen molar-refractivity contribution in [2.75, 3.05) is 26.9 Å². The Kier molecular flexibility index (Phi) is 21.9. The van der Waals surface area contributed by atoms with E-state index in [1.165, 1.54) is 55.6 Å². The second-order valence-electron chi connectivity index (χ2n) is 23.7. The Balaban J connectivity index is 1.29. The summed E-state index contributed by atoms with van der Waals surface area (Å²) in [5, 5.41) is 130. The van der Waals surface area contributed by atoms with Crippen LogP contribution in [0.5, 0.6) is 17.2 Å². The zero-order valence-corrected chi connectivity index (χ0v) is 51.7. The summed E-state index contributed by atoms with van der Waals surface area (Å²) < 4.78 is 25.5. The van der Waals surface area contributed by atoms with Gasteiger partial charge in [0.1, 0.15) is 83.3 Å². The summed E-state index contributed by atoms with van der Waals surface area (Å²) in [6, 6.07) is -9.19. The number of fused-ring (bicyclic) bond motifs is 15. The van der Waals surface area contributed by atoms with Crippen LogP contribution in [0.3, 0.4) is 0 Å². The molecule has 0 aromatic heterocycles. The molecule has 11 bridgehead atoms. The fourth-order valence-electron chi connectivity index (χ4n) is 12.1. The Hall–Kier alpha value is -6.81. The van der Waals surface area contributed by atoms with Crippen molar-refractivity contribution in [3.63, 3.8) is 0 Å². The van der Waals surface area contributed by atoms with Gasteiger partial charge in [-0.15, -0.1) is 11.6 Å². The van der Waals surface area contributed by atoms with Crippen molar-refractivity contribution in [1.29, 1.82) is 0 Å². The van der Waals surface area contributed by atoms with Gasteiger partial charge in [-0.25, -0.2) is 0 Å². The molecule has 11 rings (SSSR count). The fraction of sp³-hybridized carbons (Fsp3) is 0.517. The standard InChI is InChI=1S/C60H74Cl2N8O20S/c1-22(2)10-33(64-3)54(82)68-46-48(77)24-6-8-37(31(61)12-24)87-39-14-27-15-40(53(39)90-60-52(81)51(80)50(79)41(21-73)89-60)88-38-9-7-25(13-32(38)62)49(78)47-58(86)66-35(20-72)30-16-28(74)17-36(75)43(30)29-11-23(4-5-26(29)19-71)44(56(84)69-47)70-59(91)45(27)67-55(83)34(18-42(63)76)65-57(46)85/h4-5,7,9,12,14-16,22,28-29,32-35,41,44-52,60,64,71-75,77-81H,6,8,10-11,13,17-21H2,1-3H3,(H2,63,76)(H,65,85)(H,66,86)(H,67,83)(H,68,82)(H,69,84)(H,70,91)/t28?,29?,32?,33-,34+,35-,41?,44-,45-,46-,47+,48-,49-,50?,51+,52?,60-/m1/s1. The number of carbonyl (C=O) groups excluding carboxylic acids is 6. The highest BCUT2D eigenvalue weighted by Gasteiger charge is 2.48. The topological polar surface area (TPSA) is 452 Å². The number of allylic oxidation sites excluding steroid dienone is 8. The molecule has 0 radical (unpaired) electrons. The zero-order valence-electron chi connectivity index (χ0n) is 49.4. The van der Waals surface area contributed by atoms with E-state index >= 15 is 9.59 Å². The summed E-state index contributed by atoms with van der Waals surface area (Å²) in [6.45, 7) is 1.39. The Morgan fingerprint density at radius 2 is 1.49 bits per heavy atom. The maximum absolute atomic E-state index is 15.4. The number of thiocarbonyl (C=S) groups is 1. The zero-order chi connectivity index (χ0) is 66.0. The number of likely N-dealkylation sites (N-methyl/N-ethyl adjacent to an activating group) is 1. The van der Waals surface area contributed by atoms with Crippen molar-refractivity contribution in [1.82, 2.24) is 37.2 Å². The molecule has 10 aliphatic rings. The summed E-state index contributed by atoms with van der Waals surface area (Å²) in [7, 11) is 1.52. The Bertz CT molecular complexity index is 3350. The van der Waals surface area contributed by atoms with Gasteiger partial charge < -0.3 is 113 Å². The summed E-state index contributed by atoms with van der Waals surface area (Å²) in [5.74, 6) is -9.30. The molecule has 0 saturated carbocycles. The van der Waals surface area contributed by atoms with Gasteiger partial charge in [0, 0.05) is 24.3 Å². The van der Waals surface area contributed by atoms with E-state index in [0.29, 0.717) is 0 Å². The third kappa shape index (κ3) is 14.8. The lowest BCUT2D eigenvalue weighted by atomic mass is 9.73. The SMILES string of the molecule is CN[C@H](CC(C)C)C(=O)N[C@H]1C(=O)N[C@@H](CC(N)=O)C(=O)N[C@H]2C(=S)N[C@H]3C(=O)N[C@H](C(=O)N[C@H](CO)C4=CC(O)CC(O)=C4C4CC3=CC=C4CO)[C@H](O)C3=CC=C(Oc4cc2cc(c4O[C@H]2OC(CO)C(O)[C@H](O)C2O)OC2=C(Cl)C=C(CC2)[C@H]1O)C(Cl)C3. The first-order valence-electron chi connectivity index (χ1n) is 29.5. The van der Waals surface area contributed by atoms with Gasteiger partial charge in [0.25, 0.3) is 0 Å². The van der Waals surface area contributed by atoms with Crippen molar-refractivity contribution < 1.29 is 98.8 Å². The van der Waals surface area contributed by atoms with Crippen molar-refractivity contribution in [2.24, 2.45) is 17.6 Å². The molecule has 91 heavy (non-hydrogen) atoms. The van der Waals surface area contributed by atoms with Crippen LogP contribution in [0.2, 0.25) is 0 Å². The van der Waals surface area contributed by atoms with Crippen LogP contribution in [0, 0.1) is 11.8 Å². The number of carbonyl (C=O) groups is 6. The first kappa shape index (κ1) is 68.6. The molecule has 1 aromatic rings. The Labute approximate surface area is 536 Å². The van der Waals surface area contributed by atoms with Gasteiger partial charge >= 0.3 is 0 Å². The number of nitrogens with two attached hydrogens (primary N) is 1. The molecule has 0 spiro atoms. The third-order valence-corrected chi connectivity index (χ3v) is 18.0. The van der Waals surface area contributed by atoms with Crippen molar-refractivity contribution in [3.05, 3.63) is 110 Å². The van der Waals surface area contributed by atoms with E-state index in [4.69, 9.17) is 60.1 Å². The maximum Gasteiger partial charge on any atom is 0.247 e. The predicted octanol–water partition coefficient (Wildman–Crippen LogP) is -2.37. The summed E-state index contributed by atoms with van der Waals surface area (Å²) >= 11 is 20.4. The molecule has 494 valence electrons. The molecule has 2 saturated heterocycles. The Morgan fingerprint density at radius 1 is 0.791 bits per heavy atom. The van der Waals surface area contributed by atoms with Gasteiger partial charge in [0.2, 0.25) is 47.5 Å². The summed E-state index contributed by atoms with van der Waals surface area (Å²) in [5.41, 5.74) is 6.31. The van der Waals surface area contributed by atoms with Crippen LogP contribution >= 0.6 is 35.4 Å². The number of benzene rings is 1. The largest absolute Gasteiger partial charge is 0.512 e. The fourth-order valence-corrected chi connectivity index (χ4v) is 13.0. The Morgan fingerprint density at radius 3 is 2.14 bits per heavy atom. The molecule has 1 aromatic carbocycles. The number of amides is 6. The van der Waals surface area contributed by atoms with E-state index in [1.54, 1.807) is 0 Å². The van der Waals surface area contributed by atoms with Crippen LogP contribution in [-0.4, -0.2) is 209 Å². The number of aliphatic hydroxyl groups excluding tert-OH is 10. The maximum atomic E-state index is 15.4. The van der Waals surface area contributed by atoms with E-state index in [2.05, 4.69) is 37.2 Å². The van der Waals surface area contributed by atoms with E-state index in [9.17, 15) is 70.2 Å². The molecule has 6 heterocycles. The highest BCUT2D eigenvalue weighted by molar-refractivity contribution is 7.80. The molecule has 31 heteroatoms. The third-order valence-electron chi connectivity index (χ3n) is 17.0. The van der Waals surface area contributed by atoms with Crippen LogP contribution in [0.25, 0.3) is 0 Å². The van der Waals surface area contributed by atoms with Gasteiger partial charge in [-0.3, -0.25) is 28.8 Å². The normalized spacial score (nSPS) is 32.7. The minimum absolute atomic E-state index is 0.0356. The molecule has 17 atom stereocenters. The monoisotopic (exact) mass is 1330 g/mol. The number of primary amides is 1. The molecule has 6 aliphatic heterocycles.